The predicted octanol–water partition coefficient (Wildman–Crippen LogP) is 1.51. The van der Waals surface area contributed by atoms with Gasteiger partial charge in [0.05, 0.1) is 23.4 Å². The smallest absolute Gasteiger partial charge is 0.292 e. The van der Waals surface area contributed by atoms with E-state index in [1.54, 1.807) is 7.11 Å². The van der Waals surface area contributed by atoms with Crippen LogP contribution in [-0.4, -0.2) is 29.0 Å². The molecule has 2 unspecified atom stereocenters. The SMILES string of the molecule is C#CCn1ncc(Cl)c(NC2CCCC2OC)c1=O. The number of ether oxygens (including phenoxy) is 1. The fourth-order valence-electron chi connectivity index (χ4n) is 2.36. The minimum absolute atomic E-state index is 0.0943. The minimum atomic E-state index is -0.299. The summed E-state index contributed by atoms with van der Waals surface area (Å²) < 4.78 is 6.60. The van der Waals surface area contributed by atoms with Crippen LogP contribution in [0.5, 0.6) is 0 Å². The molecule has 1 aromatic rings. The molecule has 102 valence electrons. The van der Waals surface area contributed by atoms with E-state index in [1.807, 2.05) is 0 Å². The van der Waals surface area contributed by atoms with E-state index in [-0.39, 0.29) is 24.2 Å². The molecule has 1 aliphatic carbocycles. The van der Waals surface area contributed by atoms with Crippen LogP contribution in [0.2, 0.25) is 5.02 Å². The van der Waals surface area contributed by atoms with Crippen LogP contribution >= 0.6 is 11.6 Å². The summed E-state index contributed by atoms with van der Waals surface area (Å²) in [6.45, 7) is 0.128. The van der Waals surface area contributed by atoms with Crippen LogP contribution in [0.4, 0.5) is 5.69 Å². The van der Waals surface area contributed by atoms with E-state index in [9.17, 15) is 4.79 Å². The van der Waals surface area contributed by atoms with Crippen molar-refractivity contribution in [2.24, 2.45) is 0 Å². The standard InChI is InChI=1S/C13H16ClN3O2/c1-3-7-17-13(18)12(9(14)8-15-17)16-10-5-4-6-11(10)19-2/h1,8,10-11,16H,4-7H2,2H3. The molecule has 0 radical (unpaired) electrons. The first-order valence-corrected chi connectivity index (χ1v) is 6.53. The fraction of sp³-hybridized carbons (Fsp3) is 0.538. The number of nitrogens with zero attached hydrogens (tertiary/aromatic N) is 2. The molecule has 0 amide bonds. The Morgan fingerprint density at radius 1 is 1.68 bits per heavy atom. The summed E-state index contributed by atoms with van der Waals surface area (Å²) in [5.41, 5.74) is 0.0491. The third kappa shape index (κ3) is 2.91. The molecule has 1 aromatic heterocycles. The predicted molar refractivity (Wildman–Crippen MR) is 74.4 cm³/mol. The van der Waals surface area contributed by atoms with E-state index in [4.69, 9.17) is 22.8 Å². The number of hydrogen-bond acceptors (Lipinski definition) is 4. The second-order valence-corrected chi connectivity index (χ2v) is 4.90. The lowest BCUT2D eigenvalue weighted by atomic mass is 10.2. The molecule has 1 aliphatic rings. The topological polar surface area (TPSA) is 56.1 Å². The number of methoxy groups -OCH3 is 1. The Balaban J connectivity index is 2.27. The molecular formula is C13H16ClN3O2. The molecule has 0 bridgehead atoms. The molecule has 0 spiro atoms. The van der Waals surface area contributed by atoms with Gasteiger partial charge in [-0.1, -0.05) is 17.5 Å². The minimum Gasteiger partial charge on any atom is -0.379 e. The normalized spacial score (nSPS) is 22.2. The van der Waals surface area contributed by atoms with Gasteiger partial charge < -0.3 is 10.1 Å². The monoisotopic (exact) mass is 281 g/mol. The lowest BCUT2D eigenvalue weighted by Crippen LogP contribution is -2.34. The van der Waals surface area contributed by atoms with E-state index in [2.05, 4.69) is 16.3 Å². The van der Waals surface area contributed by atoms with E-state index >= 15 is 0 Å². The molecule has 2 atom stereocenters. The van der Waals surface area contributed by atoms with Gasteiger partial charge in [-0.25, -0.2) is 4.68 Å². The van der Waals surface area contributed by atoms with Crippen molar-refractivity contribution in [2.75, 3.05) is 12.4 Å². The maximum Gasteiger partial charge on any atom is 0.292 e. The van der Waals surface area contributed by atoms with Gasteiger partial charge in [-0.15, -0.1) is 6.42 Å². The highest BCUT2D eigenvalue weighted by Crippen LogP contribution is 2.26. The molecule has 1 heterocycles. The average Bonchev–Trinajstić information content (AvgIpc) is 2.85. The highest BCUT2D eigenvalue weighted by molar-refractivity contribution is 6.33. The quantitative estimate of drug-likeness (QED) is 0.850. The van der Waals surface area contributed by atoms with Crippen molar-refractivity contribution in [3.05, 3.63) is 21.6 Å². The molecular weight excluding hydrogens is 266 g/mol. The van der Waals surface area contributed by atoms with Crippen molar-refractivity contribution in [2.45, 2.75) is 38.0 Å². The summed E-state index contributed by atoms with van der Waals surface area (Å²) >= 11 is 6.04. The Hall–Kier alpha value is -1.51. The van der Waals surface area contributed by atoms with E-state index in [0.29, 0.717) is 10.7 Å². The maximum absolute atomic E-state index is 12.2. The van der Waals surface area contributed by atoms with Crippen LogP contribution in [0.3, 0.4) is 0 Å². The van der Waals surface area contributed by atoms with Crippen molar-refractivity contribution in [3.8, 4) is 12.3 Å². The first-order chi connectivity index (χ1) is 9.17. The summed E-state index contributed by atoms with van der Waals surface area (Å²) in [4.78, 5) is 12.2. The van der Waals surface area contributed by atoms with E-state index in [1.165, 1.54) is 10.9 Å². The summed E-state index contributed by atoms with van der Waals surface area (Å²) in [7, 11) is 1.68. The number of anilines is 1. The van der Waals surface area contributed by atoms with Gasteiger partial charge in [0, 0.05) is 7.11 Å². The van der Waals surface area contributed by atoms with Crippen LogP contribution in [0.15, 0.2) is 11.0 Å². The molecule has 5 nitrogen and oxygen atoms in total. The zero-order valence-corrected chi connectivity index (χ0v) is 11.5. The summed E-state index contributed by atoms with van der Waals surface area (Å²) in [5, 5.41) is 7.38. The van der Waals surface area contributed by atoms with E-state index in [0.717, 1.165) is 19.3 Å². The van der Waals surface area contributed by atoms with Gasteiger partial charge in [0.25, 0.3) is 5.56 Å². The van der Waals surface area contributed by atoms with Crippen LogP contribution in [0, 0.1) is 12.3 Å². The van der Waals surface area contributed by atoms with Crippen molar-refractivity contribution in [3.63, 3.8) is 0 Å². The van der Waals surface area contributed by atoms with Crippen LogP contribution in [0.1, 0.15) is 19.3 Å². The van der Waals surface area contributed by atoms with Gasteiger partial charge in [-0.3, -0.25) is 4.79 Å². The Morgan fingerprint density at radius 3 is 3.16 bits per heavy atom. The largest absolute Gasteiger partial charge is 0.379 e. The van der Waals surface area contributed by atoms with Crippen molar-refractivity contribution in [1.29, 1.82) is 0 Å². The number of rotatable bonds is 4. The first kappa shape index (κ1) is 13.9. The zero-order chi connectivity index (χ0) is 13.8. The van der Waals surface area contributed by atoms with E-state index < -0.39 is 0 Å². The lowest BCUT2D eigenvalue weighted by molar-refractivity contribution is 0.101. The Morgan fingerprint density at radius 2 is 2.47 bits per heavy atom. The van der Waals surface area contributed by atoms with Crippen molar-refractivity contribution < 1.29 is 4.74 Å². The Labute approximate surface area is 116 Å². The average molecular weight is 282 g/mol. The molecule has 0 aliphatic heterocycles. The van der Waals surface area contributed by atoms with Gasteiger partial charge in [0.15, 0.2) is 0 Å². The highest BCUT2D eigenvalue weighted by Gasteiger charge is 2.28. The molecule has 19 heavy (non-hydrogen) atoms. The summed E-state index contributed by atoms with van der Waals surface area (Å²) in [6, 6.07) is 0.0943. The number of terminal acetylenes is 1. The fourth-order valence-corrected chi connectivity index (χ4v) is 2.54. The molecule has 1 N–H and O–H groups in total. The van der Waals surface area contributed by atoms with Gasteiger partial charge in [0.1, 0.15) is 12.2 Å². The molecule has 0 aromatic carbocycles. The third-order valence-electron chi connectivity index (χ3n) is 3.32. The molecule has 2 rings (SSSR count). The zero-order valence-electron chi connectivity index (χ0n) is 10.7. The lowest BCUT2D eigenvalue weighted by Gasteiger charge is -2.21. The molecule has 1 saturated carbocycles. The summed E-state index contributed by atoms with van der Waals surface area (Å²) in [6.07, 6.45) is 9.73. The third-order valence-corrected chi connectivity index (χ3v) is 3.61. The highest BCUT2D eigenvalue weighted by atomic mass is 35.5. The Bertz CT molecular complexity index is 550. The Kier molecular flexibility index (Phi) is 4.46. The van der Waals surface area contributed by atoms with Crippen molar-refractivity contribution in [1.82, 2.24) is 9.78 Å². The molecule has 6 heteroatoms. The number of nitrogens with one attached hydrogen (secondary N) is 1. The second kappa shape index (κ2) is 6.09. The van der Waals surface area contributed by atoms with Crippen LogP contribution in [0.25, 0.3) is 0 Å². The number of halogens is 1. The van der Waals surface area contributed by atoms with Crippen molar-refractivity contribution >= 4 is 17.3 Å². The van der Waals surface area contributed by atoms with Gasteiger partial charge in [0.2, 0.25) is 0 Å². The van der Waals surface area contributed by atoms with Gasteiger partial charge in [-0.05, 0) is 19.3 Å². The maximum atomic E-state index is 12.2. The number of hydrogen-bond donors (Lipinski definition) is 1. The number of aromatic nitrogens is 2. The second-order valence-electron chi connectivity index (χ2n) is 4.49. The van der Waals surface area contributed by atoms with Crippen LogP contribution in [-0.2, 0) is 11.3 Å². The molecule has 0 saturated heterocycles. The van der Waals surface area contributed by atoms with Gasteiger partial charge in [-0.2, -0.15) is 5.10 Å². The van der Waals surface area contributed by atoms with Crippen LogP contribution < -0.4 is 10.9 Å². The summed E-state index contributed by atoms with van der Waals surface area (Å²) in [5.74, 6) is 2.39. The van der Waals surface area contributed by atoms with Gasteiger partial charge >= 0.3 is 0 Å². The molecule has 1 fully saturated rings. The first-order valence-electron chi connectivity index (χ1n) is 6.15.